The Morgan fingerprint density at radius 2 is 1.81 bits per heavy atom. The zero-order valence-electron chi connectivity index (χ0n) is 17.4. The van der Waals surface area contributed by atoms with E-state index in [2.05, 4.69) is 9.97 Å². The molecule has 8 heteroatoms. The van der Waals surface area contributed by atoms with Crippen molar-refractivity contribution in [3.8, 4) is 11.4 Å². The molecule has 0 N–H and O–H groups in total. The maximum absolute atomic E-state index is 12.2. The third-order valence-electron chi connectivity index (χ3n) is 6.10. The van der Waals surface area contributed by atoms with Crippen LogP contribution in [0.5, 0.6) is 0 Å². The zero-order chi connectivity index (χ0) is 21.5. The van der Waals surface area contributed by atoms with Crippen LogP contribution in [0.2, 0.25) is 0 Å². The molecule has 0 unspecified atom stereocenters. The lowest BCUT2D eigenvalue weighted by Gasteiger charge is -2.44. The van der Waals surface area contributed by atoms with Crippen molar-refractivity contribution in [1.82, 2.24) is 15.0 Å². The zero-order valence-corrected chi connectivity index (χ0v) is 18.2. The first-order chi connectivity index (χ1) is 15.0. The summed E-state index contributed by atoms with van der Waals surface area (Å²) in [6.45, 7) is 1.92. The van der Waals surface area contributed by atoms with E-state index in [4.69, 9.17) is 9.72 Å². The molecule has 2 aliphatic heterocycles. The van der Waals surface area contributed by atoms with Gasteiger partial charge in [0.1, 0.15) is 16.3 Å². The summed E-state index contributed by atoms with van der Waals surface area (Å²) in [6.07, 6.45) is 7.02. The number of ether oxygens (including phenoxy) is 1. The molecule has 5 rings (SSSR count). The molecular formula is C23H24N4O3S. The van der Waals surface area contributed by atoms with Crippen LogP contribution >= 0.6 is 0 Å². The van der Waals surface area contributed by atoms with Crippen molar-refractivity contribution < 1.29 is 13.2 Å². The molecule has 7 nitrogen and oxygen atoms in total. The van der Waals surface area contributed by atoms with Gasteiger partial charge in [0, 0.05) is 37.3 Å². The van der Waals surface area contributed by atoms with Crippen LogP contribution in [0.15, 0.2) is 59.8 Å². The van der Waals surface area contributed by atoms with E-state index in [0.717, 1.165) is 23.2 Å². The maximum Gasteiger partial charge on any atom is 0.179 e. The van der Waals surface area contributed by atoms with E-state index >= 15 is 0 Å². The van der Waals surface area contributed by atoms with Crippen molar-refractivity contribution in [2.24, 2.45) is 0 Å². The first-order valence-corrected chi connectivity index (χ1v) is 12.3. The van der Waals surface area contributed by atoms with Gasteiger partial charge in [0.25, 0.3) is 0 Å². The fourth-order valence-corrected chi connectivity index (χ4v) is 5.34. The SMILES string of the molecule is CS(=O)(=O)c1cccnc1N1CCC2(CC1)OCCc1cnc(-c3ccccc3)nc12. The van der Waals surface area contributed by atoms with Crippen molar-refractivity contribution in [1.29, 1.82) is 0 Å². The number of benzene rings is 1. The number of nitrogens with zero attached hydrogens (tertiary/aromatic N) is 4. The quantitative estimate of drug-likeness (QED) is 0.624. The highest BCUT2D eigenvalue weighted by molar-refractivity contribution is 7.90. The number of rotatable bonds is 3. The third kappa shape index (κ3) is 3.70. The van der Waals surface area contributed by atoms with Crippen LogP contribution in [0.3, 0.4) is 0 Å². The van der Waals surface area contributed by atoms with Gasteiger partial charge in [-0.05, 0) is 37.0 Å². The molecule has 1 fully saturated rings. The van der Waals surface area contributed by atoms with Gasteiger partial charge in [-0.15, -0.1) is 0 Å². The number of sulfone groups is 1. The molecule has 1 saturated heterocycles. The summed E-state index contributed by atoms with van der Waals surface area (Å²) in [5, 5.41) is 0. The van der Waals surface area contributed by atoms with Crippen molar-refractivity contribution in [3.05, 3.63) is 66.1 Å². The standard InChI is InChI=1S/C23H24N4O3S/c1-31(28,29)19-8-5-12-24-22(19)27-13-10-23(11-14-27)20-18(9-15-30-23)16-25-21(26-20)17-6-3-2-4-7-17/h2-8,12,16H,9-11,13-15H2,1H3. The van der Waals surface area contributed by atoms with Crippen LogP contribution in [0.4, 0.5) is 5.82 Å². The highest BCUT2D eigenvalue weighted by Gasteiger charge is 2.43. The molecule has 0 radical (unpaired) electrons. The Hall–Kier alpha value is -2.84. The van der Waals surface area contributed by atoms with E-state index < -0.39 is 15.4 Å². The minimum atomic E-state index is -3.36. The molecule has 2 aromatic heterocycles. The summed E-state index contributed by atoms with van der Waals surface area (Å²) >= 11 is 0. The lowest BCUT2D eigenvalue weighted by atomic mass is 9.83. The van der Waals surface area contributed by atoms with Crippen LogP contribution in [-0.4, -0.2) is 49.3 Å². The second kappa shape index (κ2) is 7.69. The molecule has 0 amide bonds. The van der Waals surface area contributed by atoms with Gasteiger partial charge in [0.2, 0.25) is 0 Å². The average molecular weight is 437 g/mol. The molecule has 0 saturated carbocycles. The number of fused-ring (bicyclic) bond motifs is 2. The highest BCUT2D eigenvalue weighted by Crippen LogP contribution is 2.42. The first kappa shape index (κ1) is 20.1. The second-order valence-corrected chi connectivity index (χ2v) is 10.1. The topological polar surface area (TPSA) is 85.3 Å². The molecule has 31 heavy (non-hydrogen) atoms. The molecule has 160 valence electrons. The van der Waals surface area contributed by atoms with Gasteiger partial charge in [0.05, 0.1) is 12.3 Å². The maximum atomic E-state index is 12.2. The Labute approximate surface area is 182 Å². The Kier molecular flexibility index (Phi) is 4.98. The van der Waals surface area contributed by atoms with Crippen LogP contribution < -0.4 is 4.90 Å². The van der Waals surface area contributed by atoms with E-state index in [1.807, 2.05) is 41.4 Å². The Morgan fingerprint density at radius 3 is 2.55 bits per heavy atom. The summed E-state index contributed by atoms with van der Waals surface area (Å²) in [5.41, 5.74) is 2.61. The Bertz CT molecular complexity index is 1210. The van der Waals surface area contributed by atoms with Gasteiger partial charge in [-0.3, -0.25) is 0 Å². The predicted molar refractivity (Wildman–Crippen MR) is 118 cm³/mol. The third-order valence-corrected chi connectivity index (χ3v) is 7.22. The first-order valence-electron chi connectivity index (χ1n) is 10.4. The van der Waals surface area contributed by atoms with E-state index in [-0.39, 0.29) is 4.90 Å². The molecular weight excluding hydrogens is 412 g/mol. The van der Waals surface area contributed by atoms with Crippen LogP contribution in [0, 0.1) is 0 Å². The lowest BCUT2D eigenvalue weighted by molar-refractivity contribution is -0.0802. The van der Waals surface area contributed by atoms with Crippen molar-refractivity contribution in [2.45, 2.75) is 29.8 Å². The summed E-state index contributed by atoms with van der Waals surface area (Å²) < 4.78 is 30.8. The number of aromatic nitrogens is 3. The number of hydrogen-bond donors (Lipinski definition) is 0. The van der Waals surface area contributed by atoms with E-state index in [9.17, 15) is 8.42 Å². The number of hydrogen-bond acceptors (Lipinski definition) is 7. The number of anilines is 1. The fourth-order valence-electron chi connectivity index (χ4n) is 4.51. The lowest BCUT2D eigenvalue weighted by Crippen LogP contribution is -2.47. The van der Waals surface area contributed by atoms with Gasteiger partial charge < -0.3 is 9.64 Å². The van der Waals surface area contributed by atoms with Gasteiger partial charge >= 0.3 is 0 Å². The molecule has 1 aromatic carbocycles. The largest absolute Gasteiger partial charge is 0.368 e. The van der Waals surface area contributed by atoms with E-state index in [0.29, 0.717) is 44.2 Å². The Balaban J connectivity index is 1.46. The summed E-state index contributed by atoms with van der Waals surface area (Å²) in [5.74, 6) is 1.22. The summed E-state index contributed by atoms with van der Waals surface area (Å²) in [4.78, 5) is 16.2. The Morgan fingerprint density at radius 1 is 1.03 bits per heavy atom. The van der Waals surface area contributed by atoms with Crippen LogP contribution in [0.25, 0.3) is 11.4 Å². The van der Waals surface area contributed by atoms with Crippen LogP contribution in [0.1, 0.15) is 24.1 Å². The highest BCUT2D eigenvalue weighted by atomic mass is 32.2. The normalized spacial score (nSPS) is 18.0. The average Bonchev–Trinajstić information content (AvgIpc) is 2.80. The van der Waals surface area contributed by atoms with Gasteiger partial charge in [-0.25, -0.2) is 23.4 Å². The van der Waals surface area contributed by atoms with Crippen molar-refractivity contribution in [2.75, 3.05) is 30.9 Å². The molecule has 2 aliphatic rings. The summed E-state index contributed by atoms with van der Waals surface area (Å²) in [7, 11) is -3.36. The van der Waals surface area contributed by atoms with Gasteiger partial charge in [0.15, 0.2) is 15.7 Å². The molecule has 0 atom stereocenters. The molecule has 4 heterocycles. The fraction of sp³-hybridized carbons (Fsp3) is 0.348. The van der Waals surface area contributed by atoms with Crippen molar-refractivity contribution in [3.63, 3.8) is 0 Å². The number of piperidine rings is 1. The minimum Gasteiger partial charge on any atom is -0.368 e. The van der Waals surface area contributed by atoms with Crippen molar-refractivity contribution >= 4 is 15.7 Å². The molecule has 3 aromatic rings. The van der Waals surface area contributed by atoms with Gasteiger partial charge in [-0.2, -0.15) is 0 Å². The molecule has 0 aliphatic carbocycles. The van der Waals surface area contributed by atoms with E-state index in [1.54, 1.807) is 18.3 Å². The smallest absolute Gasteiger partial charge is 0.179 e. The van der Waals surface area contributed by atoms with Gasteiger partial charge in [-0.1, -0.05) is 30.3 Å². The number of pyridine rings is 1. The summed E-state index contributed by atoms with van der Waals surface area (Å²) in [6, 6.07) is 13.2. The second-order valence-electron chi connectivity index (χ2n) is 8.11. The monoisotopic (exact) mass is 436 g/mol. The van der Waals surface area contributed by atoms with E-state index in [1.165, 1.54) is 6.26 Å². The molecule has 1 spiro atoms. The predicted octanol–water partition coefficient (Wildman–Crippen LogP) is 3.01. The minimum absolute atomic E-state index is 0.268. The molecule has 0 bridgehead atoms. The van der Waals surface area contributed by atoms with Crippen LogP contribution in [-0.2, 0) is 26.6 Å².